The zero-order valence-electron chi connectivity index (χ0n) is 10.3. The fraction of sp³-hybridized carbons (Fsp3) is 0. The quantitative estimate of drug-likeness (QED) is 0.467. The molecule has 4 heterocycles. The predicted octanol–water partition coefficient (Wildman–Crippen LogP) is 3.87. The summed E-state index contributed by atoms with van der Waals surface area (Å²) in [4.78, 5) is 16.7. The Morgan fingerprint density at radius 3 is 3.10 bits per heavy atom. The van der Waals surface area contributed by atoms with Crippen LogP contribution in [0.15, 0.2) is 42.0 Å². The van der Waals surface area contributed by atoms with Crippen LogP contribution in [0.5, 0.6) is 0 Å². The maximum atomic E-state index is 4.62. The number of nitrogens with zero attached hydrogens (tertiary/aromatic N) is 3. The van der Waals surface area contributed by atoms with E-state index >= 15 is 0 Å². The first kappa shape index (κ1) is 10.3. The topological polar surface area (TPSA) is 54.5 Å². The summed E-state index contributed by atoms with van der Waals surface area (Å²) in [5, 5.41) is 3.40. The van der Waals surface area contributed by atoms with Gasteiger partial charge in [0.05, 0.1) is 15.7 Å². The zero-order chi connectivity index (χ0) is 13.1. The summed E-state index contributed by atoms with van der Waals surface area (Å²) >= 11 is 1.67. The predicted molar refractivity (Wildman–Crippen MR) is 82.1 cm³/mol. The molecule has 0 aliphatic heterocycles. The summed E-state index contributed by atoms with van der Waals surface area (Å²) in [5.74, 6) is 0. The van der Waals surface area contributed by atoms with Crippen LogP contribution in [0.3, 0.4) is 0 Å². The first-order chi connectivity index (χ1) is 9.90. The zero-order valence-corrected chi connectivity index (χ0v) is 11.1. The maximum absolute atomic E-state index is 4.62. The second kappa shape index (κ2) is 3.52. The molecule has 0 unspecified atom stereocenters. The van der Waals surface area contributed by atoms with E-state index in [4.69, 9.17) is 0 Å². The molecule has 4 aromatic heterocycles. The summed E-state index contributed by atoms with van der Waals surface area (Å²) in [6.45, 7) is 0. The molecule has 5 rings (SSSR count). The highest BCUT2D eigenvalue weighted by Gasteiger charge is 2.11. The molecule has 1 aromatic carbocycles. The van der Waals surface area contributed by atoms with Crippen molar-refractivity contribution in [3.05, 3.63) is 42.0 Å². The SMILES string of the molecule is c1cnc2nc3[nH]c4ccc5ncsc5c4c3cc2c1. The summed E-state index contributed by atoms with van der Waals surface area (Å²) in [6.07, 6.45) is 1.77. The molecule has 0 aliphatic carbocycles. The fourth-order valence-electron chi connectivity index (χ4n) is 2.72. The Morgan fingerprint density at radius 2 is 2.10 bits per heavy atom. The molecule has 0 fully saturated rings. The average molecular weight is 276 g/mol. The Kier molecular flexibility index (Phi) is 1.81. The van der Waals surface area contributed by atoms with Gasteiger partial charge < -0.3 is 4.98 Å². The lowest BCUT2D eigenvalue weighted by molar-refractivity contribution is 1.30. The monoisotopic (exact) mass is 276 g/mol. The normalized spacial score (nSPS) is 12.0. The van der Waals surface area contributed by atoms with Gasteiger partial charge in [-0.3, -0.25) is 0 Å². The third-order valence-electron chi connectivity index (χ3n) is 3.61. The third-order valence-corrected chi connectivity index (χ3v) is 4.47. The van der Waals surface area contributed by atoms with Crippen LogP contribution in [0.25, 0.3) is 43.2 Å². The lowest BCUT2D eigenvalue weighted by Gasteiger charge is -1.96. The highest BCUT2D eigenvalue weighted by Crippen LogP contribution is 2.34. The number of fused-ring (bicyclic) bond motifs is 6. The van der Waals surface area contributed by atoms with Crippen molar-refractivity contribution in [3.8, 4) is 0 Å². The first-order valence-corrected chi connectivity index (χ1v) is 7.17. The number of aromatic nitrogens is 4. The minimum atomic E-state index is 0.770. The number of H-pyrrole nitrogens is 1. The van der Waals surface area contributed by atoms with Gasteiger partial charge in [-0.15, -0.1) is 11.3 Å². The molecule has 0 bridgehead atoms. The van der Waals surface area contributed by atoms with Crippen LogP contribution < -0.4 is 0 Å². The molecule has 20 heavy (non-hydrogen) atoms. The summed E-state index contributed by atoms with van der Waals surface area (Å²) in [7, 11) is 0. The molecule has 0 spiro atoms. The third kappa shape index (κ3) is 1.22. The molecule has 5 aromatic rings. The largest absolute Gasteiger partial charge is 0.339 e. The molecule has 0 amide bonds. The van der Waals surface area contributed by atoms with Gasteiger partial charge in [0.1, 0.15) is 5.65 Å². The van der Waals surface area contributed by atoms with E-state index < -0.39 is 0 Å². The van der Waals surface area contributed by atoms with E-state index in [-0.39, 0.29) is 0 Å². The molecule has 0 saturated heterocycles. The number of pyridine rings is 2. The number of hydrogen-bond donors (Lipinski definition) is 1. The van der Waals surface area contributed by atoms with Gasteiger partial charge in [-0.05, 0) is 30.3 Å². The first-order valence-electron chi connectivity index (χ1n) is 6.29. The summed E-state index contributed by atoms with van der Waals surface area (Å²) < 4.78 is 1.21. The van der Waals surface area contributed by atoms with E-state index in [0.717, 1.165) is 33.1 Å². The minimum absolute atomic E-state index is 0.770. The highest BCUT2D eigenvalue weighted by molar-refractivity contribution is 7.17. The van der Waals surface area contributed by atoms with Gasteiger partial charge in [-0.25, -0.2) is 15.0 Å². The van der Waals surface area contributed by atoms with Crippen molar-refractivity contribution in [3.63, 3.8) is 0 Å². The van der Waals surface area contributed by atoms with E-state index in [9.17, 15) is 0 Å². The molecular formula is C15H8N4S. The van der Waals surface area contributed by atoms with E-state index in [1.807, 2.05) is 23.7 Å². The Bertz CT molecular complexity index is 1110. The van der Waals surface area contributed by atoms with E-state index in [2.05, 4.69) is 32.1 Å². The van der Waals surface area contributed by atoms with Crippen LogP contribution >= 0.6 is 11.3 Å². The number of hydrogen-bond acceptors (Lipinski definition) is 4. The Labute approximate surface area is 117 Å². The van der Waals surface area contributed by atoms with Gasteiger partial charge in [0.2, 0.25) is 0 Å². The Morgan fingerprint density at radius 1 is 1.10 bits per heavy atom. The molecule has 5 heteroatoms. The van der Waals surface area contributed by atoms with Gasteiger partial charge in [-0.2, -0.15) is 0 Å². The fourth-order valence-corrected chi connectivity index (χ4v) is 3.57. The summed E-state index contributed by atoms with van der Waals surface area (Å²) in [6, 6.07) is 10.2. The van der Waals surface area contributed by atoms with Gasteiger partial charge in [0.15, 0.2) is 5.65 Å². The van der Waals surface area contributed by atoms with E-state index in [1.165, 1.54) is 10.1 Å². The maximum Gasteiger partial charge on any atom is 0.161 e. The van der Waals surface area contributed by atoms with Crippen molar-refractivity contribution < 1.29 is 0 Å². The lowest BCUT2D eigenvalue weighted by Crippen LogP contribution is -1.83. The number of aromatic amines is 1. The van der Waals surface area contributed by atoms with Gasteiger partial charge in [0, 0.05) is 27.9 Å². The van der Waals surface area contributed by atoms with Crippen LogP contribution in [-0.2, 0) is 0 Å². The Hall–Kier alpha value is -2.53. The smallest absolute Gasteiger partial charge is 0.161 e. The second-order valence-electron chi connectivity index (χ2n) is 4.75. The van der Waals surface area contributed by atoms with Crippen molar-refractivity contribution in [1.29, 1.82) is 0 Å². The van der Waals surface area contributed by atoms with Gasteiger partial charge in [-0.1, -0.05) is 0 Å². The highest BCUT2D eigenvalue weighted by atomic mass is 32.1. The molecule has 1 N–H and O–H groups in total. The molecule has 0 radical (unpaired) electrons. The number of benzene rings is 1. The van der Waals surface area contributed by atoms with Crippen molar-refractivity contribution in [2.45, 2.75) is 0 Å². The standard InChI is InChI=1S/C15H8N4S/c1-2-8-6-9-12-10(3-4-11-13(12)20-7-17-11)18-15(9)19-14(8)16-5-1/h1-7H,(H,16,18,19). The van der Waals surface area contributed by atoms with Crippen LogP contribution in [-0.4, -0.2) is 19.9 Å². The average Bonchev–Trinajstić information content (AvgIpc) is 3.07. The van der Waals surface area contributed by atoms with Crippen LogP contribution in [0.1, 0.15) is 0 Å². The molecular weight excluding hydrogens is 268 g/mol. The number of rotatable bonds is 0. The lowest BCUT2D eigenvalue weighted by atomic mass is 10.1. The van der Waals surface area contributed by atoms with Crippen LogP contribution in [0, 0.1) is 0 Å². The van der Waals surface area contributed by atoms with Crippen molar-refractivity contribution in [1.82, 2.24) is 19.9 Å². The molecule has 0 saturated carbocycles. The Balaban J connectivity index is 2.10. The van der Waals surface area contributed by atoms with Crippen LogP contribution in [0.4, 0.5) is 0 Å². The number of thiazole rings is 1. The van der Waals surface area contributed by atoms with Gasteiger partial charge >= 0.3 is 0 Å². The molecule has 4 nitrogen and oxygen atoms in total. The van der Waals surface area contributed by atoms with Crippen molar-refractivity contribution >= 4 is 54.5 Å². The van der Waals surface area contributed by atoms with E-state index in [0.29, 0.717) is 0 Å². The summed E-state index contributed by atoms with van der Waals surface area (Å²) in [5.41, 5.74) is 5.67. The van der Waals surface area contributed by atoms with Crippen molar-refractivity contribution in [2.75, 3.05) is 0 Å². The minimum Gasteiger partial charge on any atom is -0.339 e. The molecule has 94 valence electrons. The van der Waals surface area contributed by atoms with E-state index in [1.54, 1.807) is 17.5 Å². The molecule has 0 atom stereocenters. The molecule has 0 aliphatic rings. The second-order valence-corrected chi connectivity index (χ2v) is 5.60. The van der Waals surface area contributed by atoms with Crippen LogP contribution in [0.2, 0.25) is 0 Å². The van der Waals surface area contributed by atoms with Crippen molar-refractivity contribution in [2.24, 2.45) is 0 Å². The van der Waals surface area contributed by atoms with Gasteiger partial charge in [0.25, 0.3) is 0 Å². The number of nitrogens with one attached hydrogen (secondary N) is 1.